The van der Waals surface area contributed by atoms with Gasteiger partial charge in [-0.2, -0.15) is 26.3 Å². The topological polar surface area (TPSA) is 3.24 Å². The average molecular weight is 223 g/mol. The first-order chi connectivity index (χ1) is 6.14. The Morgan fingerprint density at radius 1 is 0.857 bits per heavy atom. The molecule has 0 aromatic carbocycles. The molecule has 0 aliphatic rings. The van der Waals surface area contributed by atoms with Gasteiger partial charge < -0.3 is 0 Å². The van der Waals surface area contributed by atoms with E-state index in [2.05, 4.69) is 0 Å². The van der Waals surface area contributed by atoms with Crippen molar-refractivity contribution in [1.29, 1.82) is 0 Å². The van der Waals surface area contributed by atoms with Crippen molar-refractivity contribution in [2.24, 2.45) is 0 Å². The minimum absolute atomic E-state index is 0.291. The molecule has 0 N–H and O–H groups in total. The van der Waals surface area contributed by atoms with Crippen molar-refractivity contribution < 1.29 is 26.3 Å². The monoisotopic (exact) mass is 223 g/mol. The molecule has 0 aromatic rings. The first-order valence-corrected chi connectivity index (χ1v) is 4.02. The summed E-state index contributed by atoms with van der Waals surface area (Å²) in [5.74, 6) is 0. The zero-order valence-corrected chi connectivity index (χ0v) is 7.71. The summed E-state index contributed by atoms with van der Waals surface area (Å²) in [6, 6.07) is -3.36. The second-order valence-electron chi connectivity index (χ2n) is 2.71. The van der Waals surface area contributed by atoms with Crippen LogP contribution in [0, 0.1) is 0 Å². The molecule has 0 spiro atoms. The molecule has 0 radical (unpaired) electrons. The third kappa shape index (κ3) is 3.36. The number of nitrogens with zero attached hydrogens (tertiary/aromatic N) is 1. The Morgan fingerprint density at radius 3 is 1.21 bits per heavy atom. The van der Waals surface area contributed by atoms with Crippen LogP contribution >= 0.6 is 0 Å². The molecule has 0 aliphatic carbocycles. The van der Waals surface area contributed by atoms with E-state index in [1.807, 2.05) is 0 Å². The van der Waals surface area contributed by atoms with E-state index in [1.165, 1.54) is 13.8 Å². The molecular formula is C7H11F6N. The van der Waals surface area contributed by atoms with Crippen molar-refractivity contribution in [2.75, 3.05) is 13.1 Å². The second kappa shape index (κ2) is 4.37. The first-order valence-electron chi connectivity index (χ1n) is 4.02. The van der Waals surface area contributed by atoms with Crippen LogP contribution in [0.15, 0.2) is 0 Å². The van der Waals surface area contributed by atoms with Crippen LogP contribution in [0.25, 0.3) is 0 Å². The molecule has 86 valence electrons. The average Bonchev–Trinajstić information content (AvgIpc) is 1.94. The van der Waals surface area contributed by atoms with Crippen molar-refractivity contribution in [2.45, 2.75) is 32.2 Å². The summed E-state index contributed by atoms with van der Waals surface area (Å²) in [5.41, 5.74) is 0. The van der Waals surface area contributed by atoms with Crippen molar-refractivity contribution in [1.82, 2.24) is 4.90 Å². The van der Waals surface area contributed by atoms with Gasteiger partial charge in [0.1, 0.15) is 0 Å². The highest BCUT2D eigenvalue weighted by atomic mass is 19.4. The molecule has 0 heterocycles. The van der Waals surface area contributed by atoms with Gasteiger partial charge in [0.05, 0.1) is 0 Å². The van der Waals surface area contributed by atoms with Gasteiger partial charge in [-0.1, -0.05) is 13.8 Å². The van der Waals surface area contributed by atoms with Gasteiger partial charge in [-0.25, -0.2) is 0 Å². The number of hydrogen-bond donors (Lipinski definition) is 0. The van der Waals surface area contributed by atoms with Gasteiger partial charge in [0.25, 0.3) is 0 Å². The standard InChI is InChI=1S/C7H11F6N/c1-3-14(4-2)5(6(8,9)10)7(11,12)13/h5H,3-4H2,1-2H3. The molecule has 0 aromatic heterocycles. The van der Waals surface area contributed by atoms with Gasteiger partial charge in [0, 0.05) is 0 Å². The number of hydrogen-bond acceptors (Lipinski definition) is 1. The third-order valence-corrected chi connectivity index (χ3v) is 1.80. The van der Waals surface area contributed by atoms with E-state index in [9.17, 15) is 26.3 Å². The molecule has 14 heavy (non-hydrogen) atoms. The van der Waals surface area contributed by atoms with Gasteiger partial charge >= 0.3 is 12.4 Å². The van der Waals surface area contributed by atoms with Crippen LogP contribution in [-0.2, 0) is 0 Å². The molecule has 0 fully saturated rings. The second-order valence-corrected chi connectivity index (χ2v) is 2.71. The summed E-state index contributed by atoms with van der Waals surface area (Å²) in [6.45, 7) is 1.93. The predicted octanol–water partition coefficient (Wildman–Crippen LogP) is 2.82. The summed E-state index contributed by atoms with van der Waals surface area (Å²) >= 11 is 0. The predicted molar refractivity (Wildman–Crippen MR) is 38.8 cm³/mol. The lowest BCUT2D eigenvalue weighted by Crippen LogP contribution is -2.54. The Balaban J connectivity index is 4.91. The number of halogens is 6. The number of alkyl halides is 6. The van der Waals surface area contributed by atoms with E-state index in [4.69, 9.17) is 0 Å². The van der Waals surface area contributed by atoms with E-state index >= 15 is 0 Å². The molecule has 0 unspecified atom stereocenters. The van der Waals surface area contributed by atoms with Crippen LogP contribution in [0.3, 0.4) is 0 Å². The Bertz CT molecular complexity index is 154. The summed E-state index contributed by atoms with van der Waals surface area (Å²) in [7, 11) is 0. The minimum Gasteiger partial charge on any atom is -0.285 e. The van der Waals surface area contributed by atoms with E-state index in [-0.39, 0.29) is 13.1 Å². The van der Waals surface area contributed by atoms with Crippen LogP contribution < -0.4 is 0 Å². The summed E-state index contributed by atoms with van der Waals surface area (Å²) in [4.78, 5) is 0.333. The summed E-state index contributed by atoms with van der Waals surface area (Å²) in [5, 5.41) is 0. The Kier molecular flexibility index (Phi) is 4.23. The van der Waals surface area contributed by atoms with Gasteiger partial charge in [-0.3, -0.25) is 4.90 Å². The molecule has 0 aliphatic heterocycles. The maximum absolute atomic E-state index is 12.1. The molecule has 0 bridgehead atoms. The lowest BCUT2D eigenvalue weighted by molar-refractivity contribution is -0.286. The molecule has 0 saturated carbocycles. The Labute approximate surface area is 77.7 Å². The molecular weight excluding hydrogens is 212 g/mol. The molecule has 0 saturated heterocycles. The molecule has 0 rings (SSSR count). The fourth-order valence-corrected chi connectivity index (χ4v) is 1.19. The third-order valence-electron chi connectivity index (χ3n) is 1.80. The van der Waals surface area contributed by atoms with E-state index in [0.717, 1.165) is 0 Å². The van der Waals surface area contributed by atoms with Crippen molar-refractivity contribution in [3.8, 4) is 0 Å². The fraction of sp³-hybridized carbons (Fsp3) is 1.00. The normalized spacial score (nSPS) is 14.1. The zero-order chi connectivity index (χ0) is 11.6. The van der Waals surface area contributed by atoms with Crippen LogP contribution in [0.2, 0.25) is 0 Å². The van der Waals surface area contributed by atoms with Crippen LogP contribution in [0.1, 0.15) is 13.8 Å². The van der Waals surface area contributed by atoms with E-state index < -0.39 is 18.4 Å². The summed E-state index contributed by atoms with van der Waals surface area (Å²) in [6.07, 6.45) is -10.5. The van der Waals surface area contributed by atoms with Crippen molar-refractivity contribution in [3.63, 3.8) is 0 Å². The van der Waals surface area contributed by atoms with Gasteiger partial charge in [-0.05, 0) is 13.1 Å². The highest BCUT2D eigenvalue weighted by Crippen LogP contribution is 2.36. The largest absolute Gasteiger partial charge is 0.412 e. The zero-order valence-electron chi connectivity index (χ0n) is 7.71. The lowest BCUT2D eigenvalue weighted by Gasteiger charge is -2.32. The highest BCUT2D eigenvalue weighted by Gasteiger charge is 2.58. The highest BCUT2D eigenvalue weighted by molar-refractivity contribution is 4.84. The lowest BCUT2D eigenvalue weighted by atomic mass is 10.2. The summed E-state index contributed by atoms with van der Waals surface area (Å²) < 4.78 is 72.5. The fourth-order valence-electron chi connectivity index (χ4n) is 1.19. The first kappa shape index (κ1) is 13.5. The Morgan fingerprint density at radius 2 is 1.14 bits per heavy atom. The Hall–Kier alpha value is -0.460. The van der Waals surface area contributed by atoms with Crippen molar-refractivity contribution in [3.05, 3.63) is 0 Å². The van der Waals surface area contributed by atoms with Crippen LogP contribution in [-0.4, -0.2) is 36.4 Å². The van der Waals surface area contributed by atoms with Crippen LogP contribution in [0.4, 0.5) is 26.3 Å². The molecule has 0 atom stereocenters. The van der Waals surface area contributed by atoms with E-state index in [1.54, 1.807) is 0 Å². The van der Waals surface area contributed by atoms with Gasteiger partial charge in [-0.15, -0.1) is 0 Å². The van der Waals surface area contributed by atoms with Crippen molar-refractivity contribution >= 4 is 0 Å². The van der Waals surface area contributed by atoms with Crippen LogP contribution in [0.5, 0.6) is 0 Å². The molecule has 1 nitrogen and oxygen atoms in total. The van der Waals surface area contributed by atoms with Gasteiger partial charge in [0.2, 0.25) is 6.04 Å². The maximum atomic E-state index is 12.1. The molecule has 0 amide bonds. The van der Waals surface area contributed by atoms with E-state index in [0.29, 0.717) is 4.90 Å². The minimum atomic E-state index is -5.27. The number of rotatable bonds is 3. The smallest absolute Gasteiger partial charge is 0.285 e. The molecule has 7 heteroatoms. The SMILES string of the molecule is CCN(CC)C(C(F)(F)F)C(F)(F)F. The quantitative estimate of drug-likeness (QED) is 0.665. The van der Waals surface area contributed by atoms with Gasteiger partial charge in [0.15, 0.2) is 0 Å². The maximum Gasteiger partial charge on any atom is 0.412 e.